The number of hydrogen-bond acceptors (Lipinski definition) is 3. The van der Waals surface area contributed by atoms with Gasteiger partial charge in [-0.3, -0.25) is 9.59 Å². The normalized spacial score (nSPS) is 23.3. The maximum Gasteiger partial charge on any atom is 0.264 e. The molecule has 1 saturated heterocycles. The lowest BCUT2D eigenvalue weighted by molar-refractivity contribution is -0.127. The first-order valence-corrected chi connectivity index (χ1v) is 9.28. The molecule has 0 bridgehead atoms. The fourth-order valence-electron chi connectivity index (χ4n) is 3.53. The Morgan fingerprint density at radius 3 is 2.59 bits per heavy atom. The molecule has 2 amide bonds. The van der Waals surface area contributed by atoms with E-state index in [2.05, 4.69) is 5.32 Å². The topological polar surface area (TPSA) is 49.4 Å². The molecule has 1 atom stereocenters. The Morgan fingerprint density at radius 1 is 1.09 bits per heavy atom. The Morgan fingerprint density at radius 2 is 1.86 bits per heavy atom. The first-order valence-electron chi connectivity index (χ1n) is 8.40. The third kappa shape index (κ3) is 3.51. The smallest absolute Gasteiger partial charge is 0.264 e. The summed E-state index contributed by atoms with van der Waals surface area (Å²) in [5.74, 6) is 0.0648. The molecule has 0 aromatic carbocycles. The molecule has 4 nitrogen and oxygen atoms in total. The van der Waals surface area contributed by atoms with E-state index in [0.29, 0.717) is 12.6 Å². The molecule has 120 valence electrons. The zero-order valence-electron chi connectivity index (χ0n) is 12.9. The predicted octanol–water partition coefficient (Wildman–Crippen LogP) is 3.19. The molecule has 1 aromatic rings. The molecular formula is C17H24N2O2S. The van der Waals surface area contributed by atoms with Crippen LogP contribution in [-0.2, 0) is 4.79 Å². The highest BCUT2D eigenvalue weighted by Crippen LogP contribution is 2.23. The van der Waals surface area contributed by atoms with Crippen LogP contribution in [0.15, 0.2) is 17.5 Å². The molecule has 0 spiro atoms. The van der Waals surface area contributed by atoms with E-state index in [1.807, 2.05) is 17.5 Å². The number of rotatable bonds is 3. The van der Waals surface area contributed by atoms with E-state index in [1.165, 1.54) is 30.6 Å². The van der Waals surface area contributed by atoms with Crippen molar-refractivity contribution in [2.75, 3.05) is 6.54 Å². The molecule has 2 aliphatic rings. The van der Waals surface area contributed by atoms with Crippen LogP contribution in [0.3, 0.4) is 0 Å². The van der Waals surface area contributed by atoms with E-state index in [1.54, 1.807) is 4.90 Å². The maximum atomic E-state index is 12.6. The van der Waals surface area contributed by atoms with Crippen molar-refractivity contribution in [2.45, 2.75) is 63.5 Å². The Labute approximate surface area is 135 Å². The summed E-state index contributed by atoms with van der Waals surface area (Å²) < 4.78 is 0. The Balaban J connectivity index is 1.66. The number of piperidine rings is 1. The molecule has 3 rings (SSSR count). The summed E-state index contributed by atoms with van der Waals surface area (Å²) in [6, 6.07) is 3.75. The second-order valence-corrected chi connectivity index (χ2v) is 7.28. The van der Waals surface area contributed by atoms with Crippen LogP contribution in [-0.4, -0.2) is 35.3 Å². The number of carbonyl (C=O) groups is 2. The lowest BCUT2D eigenvalue weighted by Crippen LogP contribution is -2.53. The summed E-state index contributed by atoms with van der Waals surface area (Å²) in [7, 11) is 0. The Hall–Kier alpha value is -1.36. The van der Waals surface area contributed by atoms with Gasteiger partial charge >= 0.3 is 0 Å². The van der Waals surface area contributed by atoms with Gasteiger partial charge in [0.2, 0.25) is 5.91 Å². The summed E-state index contributed by atoms with van der Waals surface area (Å²) in [6.45, 7) is 0.694. The molecule has 1 aliphatic heterocycles. The summed E-state index contributed by atoms with van der Waals surface area (Å²) in [6.07, 6.45) is 8.64. The van der Waals surface area contributed by atoms with Gasteiger partial charge in [0.05, 0.1) is 4.88 Å². The molecule has 0 unspecified atom stereocenters. The van der Waals surface area contributed by atoms with E-state index >= 15 is 0 Å². The molecule has 1 N–H and O–H groups in total. The number of likely N-dealkylation sites (tertiary alicyclic amines) is 1. The van der Waals surface area contributed by atoms with E-state index in [0.717, 1.165) is 37.0 Å². The first kappa shape index (κ1) is 15.5. The van der Waals surface area contributed by atoms with E-state index in [4.69, 9.17) is 0 Å². The monoisotopic (exact) mass is 320 g/mol. The average Bonchev–Trinajstić information content (AvgIpc) is 3.09. The minimum atomic E-state index is -0.287. The second-order valence-electron chi connectivity index (χ2n) is 6.33. The van der Waals surface area contributed by atoms with Crippen molar-refractivity contribution in [3.8, 4) is 0 Å². The number of carbonyl (C=O) groups excluding carboxylic acids is 2. The van der Waals surface area contributed by atoms with Crippen molar-refractivity contribution in [1.29, 1.82) is 0 Å². The van der Waals surface area contributed by atoms with Crippen LogP contribution >= 0.6 is 11.3 Å². The van der Waals surface area contributed by atoms with Crippen molar-refractivity contribution in [3.63, 3.8) is 0 Å². The summed E-state index contributed by atoms with van der Waals surface area (Å²) in [5, 5.41) is 5.10. The van der Waals surface area contributed by atoms with Gasteiger partial charge in [0.1, 0.15) is 6.04 Å². The third-order valence-electron chi connectivity index (χ3n) is 4.75. The fraction of sp³-hybridized carbons (Fsp3) is 0.647. The molecule has 22 heavy (non-hydrogen) atoms. The number of amides is 2. The zero-order valence-corrected chi connectivity index (χ0v) is 13.7. The van der Waals surface area contributed by atoms with Gasteiger partial charge in [0.15, 0.2) is 0 Å². The first-order chi connectivity index (χ1) is 10.8. The Bertz CT molecular complexity index is 509. The zero-order chi connectivity index (χ0) is 15.4. The van der Waals surface area contributed by atoms with Crippen molar-refractivity contribution in [1.82, 2.24) is 10.2 Å². The van der Waals surface area contributed by atoms with Crippen molar-refractivity contribution in [2.24, 2.45) is 0 Å². The standard InChI is InChI=1S/C17H24N2O2S/c20-16(18-13-7-2-1-3-8-13)14-9-4-5-11-19(14)17(21)15-10-6-12-22-15/h6,10,12-14H,1-5,7-9,11H2,(H,18,20)/t14-/m0/s1. The quantitative estimate of drug-likeness (QED) is 0.930. The van der Waals surface area contributed by atoms with Crippen LogP contribution in [0.4, 0.5) is 0 Å². The number of nitrogens with one attached hydrogen (secondary N) is 1. The molecule has 0 radical (unpaired) electrons. The van der Waals surface area contributed by atoms with Gasteiger partial charge in [-0.25, -0.2) is 0 Å². The highest BCUT2D eigenvalue weighted by Gasteiger charge is 2.33. The SMILES string of the molecule is O=C(NC1CCCCC1)[C@@H]1CCCCN1C(=O)c1cccs1. The average molecular weight is 320 g/mol. The summed E-state index contributed by atoms with van der Waals surface area (Å²) >= 11 is 1.45. The van der Waals surface area contributed by atoms with Gasteiger partial charge in [-0.05, 0) is 43.6 Å². The minimum absolute atomic E-state index is 0.0125. The summed E-state index contributed by atoms with van der Waals surface area (Å²) in [4.78, 5) is 27.8. The van der Waals surface area contributed by atoms with Crippen molar-refractivity contribution < 1.29 is 9.59 Å². The van der Waals surface area contributed by atoms with Gasteiger partial charge in [-0.15, -0.1) is 11.3 Å². The second kappa shape index (κ2) is 7.27. The highest BCUT2D eigenvalue weighted by molar-refractivity contribution is 7.12. The minimum Gasteiger partial charge on any atom is -0.352 e. The van der Waals surface area contributed by atoms with E-state index in [9.17, 15) is 9.59 Å². The summed E-state index contributed by atoms with van der Waals surface area (Å²) in [5.41, 5.74) is 0. The highest BCUT2D eigenvalue weighted by atomic mass is 32.1. The van der Waals surface area contributed by atoms with Crippen LogP contribution < -0.4 is 5.32 Å². The number of nitrogens with zero attached hydrogens (tertiary/aromatic N) is 1. The maximum absolute atomic E-state index is 12.6. The lowest BCUT2D eigenvalue weighted by Gasteiger charge is -2.35. The van der Waals surface area contributed by atoms with Crippen LogP contribution in [0, 0.1) is 0 Å². The Kier molecular flexibility index (Phi) is 5.13. The molecule has 2 heterocycles. The van der Waals surface area contributed by atoms with Gasteiger partial charge in [-0.1, -0.05) is 25.3 Å². The van der Waals surface area contributed by atoms with Crippen LogP contribution in [0.5, 0.6) is 0 Å². The number of hydrogen-bond donors (Lipinski definition) is 1. The van der Waals surface area contributed by atoms with Crippen LogP contribution in [0.25, 0.3) is 0 Å². The lowest BCUT2D eigenvalue weighted by atomic mass is 9.94. The van der Waals surface area contributed by atoms with Gasteiger partial charge < -0.3 is 10.2 Å². The van der Waals surface area contributed by atoms with Crippen molar-refractivity contribution >= 4 is 23.2 Å². The van der Waals surface area contributed by atoms with Gasteiger partial charge in [-0.2, -0.15) is 0 Å². The molecule has 1 saturated carbocycles. The van der Waals surface area contributed by atoms with Crippen molar-refractivity contribution in [3.05, 3.63) is 22.4 Å². The molecule has 2 fully saturated rings. The van der Waals surface area contributed by atoms with Gasteiger partial charge in [0, 0.05) is 12.6 Å². The van der Waals surface area contributed by atoms with E-state index < -0.39 is 0 Å². The fourth-order valence-corrected chi connectivity index (χ4v) is 4.21. The van der Waals surface area contributed by atoms with E-state index in [-0.39, 0.29) is 17.9 Å². The predicted molar refractivity (Wildman–Crippen MR) is 88.0 cm³/mol. The number of thiophene rings is 1. The van der Waals surface area contributed by atoms with Gasteiger partial charge in [0.25, 0.3) is 5.91 Å². The molecule has 5 heteroatoms. The molecule has 1 aliphatic carbocycles. The van der Waals surface area contributed by atoms with Crippen LogP contribution in [0.1, 0.15) is 61.0 Å². The third-order valence-corrected chi connectivity index (χ3v) is 5.61. The molecule has 1 aromatic heterocycles. The largest absolute Gasteiger partial charge is 0.352 e. The van der Waals surface area contributed by atoms with Crippen LogP contribution in [0.2, 0.25) is 0 Å². The molecular weight excluding hydrogens is 296 g/mol.